The van der Waals surface area contributed by atoms with Crippen LogP contribution >= 0.6 is 0 Å². The average molecular weight is 272 g/mol. The van der Waals surface area contributed by atoms with Crippen LogP contribution in [0.1, 0.15) is 36.0 Å². The number of carbonyl (C=O) groups excluding carboxylic acids is 2. The van der Waals surface area contributed by atoms with Crippen LogP contribution in [0.15, 0.2) is 30.3 Å². The maximum atomic E-state index is 12.4. The van der Waals surface area contributed by atoms with E-state index in [1.807, 2.05) is 35.2 Å². The molecule has 1 atom stereocenters. The first kappa shape index (κ1) is 13.2. The molecule has 2 amide bonds. The van der Waals surface area contributed by atoms with Crippen LogP contribution in [0.2, 0.25) is 0 Å². The number of hydrogen-bond donors (Lipinski definition) is 1. The number of likely N-dealkylation sites (tertiary alicyclic amines) is 1. The van der Waals surface area contributed by atoms with E-state index in [0.717, 1.165) is 32.2 Å². The lowest BCUT2D eigenvalue weighted by Gasteiger charge is -2.32. The third-order valence-electron chi connectivity index (χ3n) is 4.02. The smallest absolute Gasteiger partial charge is 0.253 e. The molecule has 0 spiro atoms. The molecule has 1 aliphatic carbocycles. The van der Waals surface area contributed by atoms with E-state index in [1.165, 1.54) is 0 Å². The van der Waals surface area contributed by atoms with Crippen LogP contribution in [0.4, 0.5) is 0 Å². The fraction of sp³-hybridized carbons (Fsp3) is 0.500. The molecular weight excluding hydrogens is 252 g/mol. The molecule has 1 aromatic rings. The molecule has 0 aromatic heterocycles. The minimum atomic E-state index is -0.0444. The van der Waals surface area contributed by atoms with Crippen LogP contribution in [0.25, 0.3) is 0 Å². The quantitative estimate of drug-likeness (QED) is 0.912. The van der Waals surface area contributed by atoms with Crippen molar-refractivity contribution in [2.75, 3.05) is 13.1 Å². The molecule has 2 fully saturated rings. The minimum Gasteiger partial charge on any atom is -0.353 e. The number of benzene rings is 1. The van der Waals surface area contributed by atoms with Gasteiger partial charge in [0.15, 0.2) is 0 Å². The fourth-order valence-corrected chi connectivity index (χ4v) is 2.69. The van der Waals surface area contributed by atoms with Gasteiger partial charge in [-0.05, 0) is 37.8 Å². The van der Waals surface area contributed by atoms with Gasteiger partial charge in [0.25, 0.3) is 5.91 Å². The predicted octanol–water partition coefficient (Wildman–Crippen LogP) is 1.82. The molecule has 0 unspecified atom stereocenters. The van der Waals surface area contributed by atoms with Crippen molar-refractivity contribution in [1.82, 2.24) is 10.2 Å². The fourth-order valence-electron chi connectivity index (χ4n) is 2.69. The third kappa shape index (κ3) is 3.00. The van der Waals surface area contributed by atoms with Gasteiger partial charge in [-0.2, -0.15) is 0 Å². The SMILES string of the molecule is O=C(NC1CC1)[C@H]1CCCN(C(=O)c2ccccc2)C1. The van der Waals surface area contributed by atoms with Gasteiger partial charge in [-0.25, -0.2) is 0 Å². The zero-order chi connectivity index (χ0) is 13.9. The normalized spacial score (nSPS) is 22.4. The summed E-state index contributed by atoms with van der Waals surface area (Å²) >= 11 is 0. The van der Waals surface area contributed by atoms with E-state index in [-0.39, 0.29) is 17.7 Å². The number of piperidine rings is 1. The second-order valence-electron chi connectivity index (χ2n) is 5.74. The Morgan fingerprint density at radius 2 is 1.85 bits per heavy atom. The molecule has 1 saturated heterocycles. The summed E-state index contributed by atoms with van der Waals surface area (Å²) in [5, 5.41) is 3.05. The van der Waals surface area contributed by atoms with Gasteiger partial charge in [-0.3, -0.25) is 9.59 Å². The van der Waals surface area contributed by atoms with E-state index in [1.54, 1.807) is 0 Å². The van der Waals surface area contributed by atoms with E-state index in [0.29, 0.717) is 18.2 Å². The monoisotopic (exact) mass is 272 g/mol. The molecule has 3 rings (SSSR count). The minimum absolute atomic E-state index is 0.0366. The molecule has 2 aliphatic rings. The molecule has 4 heteroatoms. The van der Waals surface area contributed by atoms with Gasteiger partial charge in [0.2, 0.25) is 5.91 Å². The Labute approximate surface area is 119 Å². The summed E-state index contributed by atoms with van der Waals surface area (Å²) in [7, 11) is 0. The van der Waals surface area contributed by atoms with Crippen LogP contribution < -0.4 is 5.32 Å². The number of rotatable bonds is 3. The molecule has 1 aliphatic heterocycles. The summed E-state index contributed by atoms with van der Waals surface area (Å²) in [6.45, 7) is 1.30. The van der Waals surface area contributed by atoms with Gasteiger partial charge in [0.1, 0.15) is 0 Å². The van der Waals surface area contributed by atoms with Crippen molar-refractivity contribution in [2.24, 2.45) is 5.92 Å². The lowest BCUT2D eigenvalue weighted by Crippen LogP contribution is -2.45. The Bertz CT molecular complexity index is 496. The average Bonchev–Trinajstić information content (AvgIpc) is 3.31. The Balaban J connectivity index is 1.62. The zero-order valence-corrected chi connectivity index (χ0v) is 11.5. The van der Waals surface area contributed by atoms with Crippen molar-refractivity contribution in [3.05, 3.63) is 35.9 Å². The van der Waals surface area contributed by atoms with Gasteiger partial charge in [-0.15, -0.1) is 0 Å². The van der Waals surface area contributed by atoms with Crippen molar-refractivity contribution in [2.45, 2.75) is 31.7 Å². The molecule has 20 heavy (non-hydrogen) atoms. The predicted molar refractivity (Wildman–Crippen MR) is 76.2 cm³/mol. The van der Waals surface area contributed by atoms with Crippen LogP contribution in [0.5, 0.6) is 0 Å². The summed E-state index contributed by atoms with van der Waals surface area (Å²) in [5.74, 6) is 0.115. The molecule has 1 heterocycles. The van der Waals surface area contributed by atoms with Gasteiger partial charge < -0.3 is 10.2 Å². The molecule has 106 valence electrons. The summed E-state index contributed by atoms with van der Waals surface area (Å²) in [6, 6.07) is 9.69. The van der Waals surface area contributed by atoms with E-state index in [4.69, 9.17) is 0 Å². The Kier molecular flexibility index (Phi) is 3.72. The highest BCUT2D eigenvalue weighted by Gasteiger charge is 2.32. The van der Waals surface area contributed by atoms with Crippen LogP contribution in [0, 0.1) is 5.92 Å². The van der Waals surface area contributed by atoms with Gasteiger partial charge in [0.05, 0.1) is 5.92 Å². The number of hydrogen-bond acceptors (Lipinski definition) is 2. The number of nitrogens with one attached hydrogen (secondary N) is 1. The molecule has 4 nitrogen and oxygen atoms in total. The van der Waals surface area contributed by atoms with Crippen molar-refractivity contribution in [3.8, 4) is 0 Å². The molecule has 0 radical (unpaired) electrons. The second-order valence-corrected chi connectivity index (χ2v) is 5.74. The third-order valence-corrected chi connectivity index (χ3v) is 4.02. The highest BCUT2D eigenvalue weighted by Crippen LogP contribution is 2.23. The Morgan fingerprint density at radius 1 is 1.10 bits per heavy atom. The maximum Gasteiger partial charge on any atom is 0.253 e. The topological polar surface area (TPSA) is 49.4 Å². The van der Waals surface area contributed by atoms with Gasteiger partial charge in [0, 0.05) is 24.7 Å². The molecule has 0 bridgehead atoms. The van der Waals surface area contributed by atoms with E-state index < -0.39 is 0 Å². The van der Waals surface area contributed by atoms with Crippen molar-refractivity contribution >= 4 is 11.8 Å². The summed E-state index contributed by atoms with van der Waals surface area (Å²) in [4.78, 5) is 26.3. The van der Waals surface area contributed by atoms with Crippen LogP contribution in [0.3, 0.4) is 0 Å². The van der Waals surface area contributed by atoms with E-state index in [9.17, 15) is 9.59 Å². The first-order valence-corrected chi connectivity index (χ1v) is 7.39. The van der Waals surface area contributed by atoms with Gasteiger partial charge in [-0.1, -0.05) is 18.2 Å². The Hall–Kier alpha value is -1.84. The summed E-state index contributed by atoms with van der Waals surface area (Å²) in [5.41, 5.74) is 0.704. The van der Waals surface area contributed by atoms with E-state index in [2.05, 4.69) is 5.32 Å². The number of carbonyl (C=O) groups is 2. The largest absolute Gasteiger partial charge is 0.353 e. The molecule has 1 saturated carbocycles. The lowest BCUT2D eigenvalue weighted by atomic mass is 9.96. The van der Waals surface area contributed by atoms with Gasteiger partial charge >= 0.3 is 0 Å². The van der Waals surface area contributed by atoms with Crippen LogP contribution in [-0.4, -0.2) is 35.8 Å². The second kappa shape index (κ2) is 5.65. The summed E-state index contributed by atoms with van der Waals surface area (Å²) in [6.07, 6.45) is 3.99. The first-order chi connectivity index (χ1) is 9.74. The first-order valence-electron chi connectivity index (χ1n) is 7.39. The summed E-state index contributed by atoms with van der Waals surface area (Å²) < 4.78 is 0. The highest BCUT2D eigenvalue weighted by atomic mass is 16.2. The van der Waals surface area contributed by atoms with Crippen molar-refractivity contribution in [3.63, 3.8) is 0 Å². The van der Waals surface area contributed by atoms with Crippen molar-refractivity contribution in [1.29, 1.82) is 0 Å². The Morgan fingerprint density at radius 3 is 2.55 bits per heavy atom. The maximum absolute atomic E-state index is 12.4. The molecule has 1 N–H and O–H groups in total. The zero-order valence-electron chi connectivity index (χ0n) is 11.5. The highest BCUT2D eigenvalue weighted by molar-refractivity contribution is 5.94. The molecule has 1 aromatic carbocycles. The molecular formula is C16H20N2O2. The number of nitrogens with zero attached hydrogens (tertiary/aromatic N) is 1. The standard InChI is InChI=1S/C16H20N2O2/c19-15(17-14-8-9-14)13-7-4-10-18(11-13)16(20)12-5-2-1-3-6-12/h1-3,5-6,13-14H,4,7-11H2,(H,17,19)/t13-/m0/s1. The number of amides is 2. The lowest BCUT2D eigenvalue weighted by molar-refractivity contribution is -0.126. The van der Waals surface area contributed by atoms with Crippen LogP contribution in [-0.2, 0) is 4.79 Å². The van der Waals surface area contributed by atoms with E-state index >= 15 is 0 Å². The van der Waals surface area contributed by atoms with Crippen molar-refractivity contribution < 1.29 is 9.59 Å².